The van der Waals surface area contributed by atoms with Gasteiger partial charge in [-0.1, -0.05) is 42.0 Å². The lowest BCUT2D eigenvalue weighted by Gasteiger charge is -2.11. The molecule has 3 rings (SSSR count). The number of benzene rings is 3. The summed E-state index contributed by atoms with van der Waals surface area (Å²) in [5, 5.41) is 3.97. The number of aryl methyl sites for hydroxylation is 1. The quantitative estimate of drug-likeness (QED) is 0.384. The Bertz CT molecular complexity index is 1060. The molecule has 166 valence electrons. The summed E-state index contributed by atoms with van der Waals surface area (Å²) in [7, 11) is 3.12. The minimum atomic E-state index is -0.392. The van der Waals surface area contributed by atoms with Crippen LogP contribution in [0.3, 0.4) is 0 Å². The number of hydrogen-bond donors (Lipinski definition) is 1. The zero-order valence-corrected chi connectivity index (χ0v) is 18.3. The number of para-hydroxylation sites is 2. The molecule has 0 atom stereocenters. The van der Waals surface area contributed by atoms with E-state index in [0.717, 1.165) is 11.1 Å². The lowest BCUT2D eigenvalue weighted by molar-refractivity contribution is -0.123. The Balaban J connectivity index is 1.52. The van der Waals surface area contributed by atoms with Crippen molar-refractivity contribution in [1.82, 2.24) is 5.43 Å². The molecule has 1 amide bonds. The number of nitrogens with zero attached hydrogens (tertiary/aromatic N) is 1. The number of ether oxygens (including phenoxy) is 4. The SMILES string of the molecule is COc1ccccc1OCC(=O)N/N=C/c1ccc(OCc2ccc(C)cc2)c(OC)c1. The summed E-state index contributed by atoms with van der Waals surface area (Å²) in [5.41, 5.74) is 5.45. The third-order valence-electron chi connectivity index (χ3n) is 4.53. The van der Waals surface area contributed by atoms with Gasteiger partial charge < -0.3 is 18.9 Å². The van der Waals surface area contributed by atoms with Gasteiger partial charge in [0.15, 0.2) is 29.6 Å². The molecule has 0 unspecified atom stereocenters. The van der Waals surface area contributed by atoms with Gasteiger partial charge in [0, 0.05) is 0 Å². The summed E-state index contributed by atoms with van der Waals surface area (Å²) in [6.45, 7) is 2.29. The summed E-state index contributed by atoms with van der Waals surface area (Å²) in [4.78, 5) is 12.0. The fraction of sp³-hybridized carbons (Fsp3) is 0.200. The van der Waals surface area contributed by atoms with Gasteiger partial charge in [-0.05, 0) is 48.4 Å². The fourth-order valence-electron chi connectivity index (χ4n) is 2.82. The largest absolute Gasteiger partial charge is 0.493 e. The molecule has 0 fully saturated rings. The predicted octanol–water partition coefficient (Wildman–Crippen LogP) is 4.12. The minimum Gasteiger partial charge on any atom is -0.493 e. The molecule has 0 heterocycles. The highest BCUT2D eigenvalue weighted by molar-refractivity contribution is 5.83. The summed E-state index contributed by atoms with van der Waals surface area (Å²) in [5.74, 6) is 1.85. The van der Waals surface area contributed by atoms with Gasteiger partial charge in [0.1, 0.15) is 6.61 Å². The van der Waals surface area contributed by atoms with Gasteiger partial charge in [-0.15, -0.1) is 0 Å². The van der Waals surface area contributed by atoms with Gasteiger partial charge in [-0.2, -0.15) is 5.10 Å². The van der Waals surface area contributed by atoms with Crippen molar-refractivity contribution in [2.24, 2.45) is 5.10 Å². The van der Waals surface area contributed by atoms with Crippen LogP contribution in [0.2, 0.25) is 0 Å². The summed E-state index contributed by atoms with van der Waals surface area (Å²) >= 11 is 0. The number of carbonyl (C=O) groups is 1. The molecule has 0 aliphatic carbocycles. The molecule has 0 bridgehead atoms. The van der Waals surface area contributed by atoms with Crippen molar-refractivity contribution in [2.45, 2.75) is 13.5 Å². The van der Waals surface area contributed by atoms with Gasteiger partial charge in [-0.3, -0.25) is 4.79 Å². The van der Waals surface area contributed by atoms with Crippen LogP contribution in [0.4, 0.5) is 0 Å². The van der Waals surface area contributed by atoms with E-state index < -0.39 is 5.91 Å². The molecule has 0 aromatic heterocycles. The zero-order valence-electron chi connectivity index (χ0n) is 18.3. The Morgan fingerprint density at radius 2 is 1.56 bits per heavy atom. The van der Waals surface area contributed by atoms with Gasteiger partial charge in [0.2, 0.25) is 0 Å². The highest BCUT2D eigenvalue weighted by Crippen LogP contribution is 2.28. The molecule has 3 aromatic carbocycles. The number of rotatable bonds is 10. The van der Waals surface area contributed by atoms with Gasteiger partial charge in [0.05, 0.1) is 20.4 Å². The minimum absolute atomic E-state index is 0.188. The molecule has 3 aromatic rings. The number of amides is 1. The molecular formula is C25H26N2O5. The van der Waals surface area contributed by atoms with Crippen LogP contribution in [0.5, 0.6) is 23.0 Å². The highest BCUT2D eigenvalue weighted by atomic mass is 16.5. The second kappa shape index (κ2) is 11.4. The van der Waals surface area contributed by atoms with E-state index in [1.165, 1.54) is 11.8 Å². The van der Waals surface area contributed by atoms with Crippen LogP contribution in [-0.4, -0.2) is 32.9 Å². The Morgan fingerprint density at radius 1 is 0.875 bits per heavy atom. The summed E-state index contributed by atoms with van der Waals surface area (Å²) in [6.07, 6.45) is 1.52. The molecule has 7 heteroatoms. The fourth-order valence-corrected chi connectivity index (χ4v) is 2.82. The average molecular weight is 434 g/mol. The van der Waals surface area contributed by atoms with Gasteiger partial charge in [0.25, 0.3) is 5.91 Å². The number of methoxy groups -OCH3 is 2. The maximum atomic E-state index is 12.0. The molecule has 0 saturated carbocycles. The highest BCUT2D eigenvalue weighted by Gasteiger charge is 2.07. The summed E-state index contributed by atoms with van der Waals surface area (Å²) < 4.78 is 22.0. The van der Waals surface area contributed by atoms with E-state index >= 15 is 0 Å². The van der Waals surface area contributed by atoms with Crippen LogP contribution in [-0.2, 0) is 11.4 Å². The Kier molecular flexibility index (Phi) is 8.09. The molecule has 0 aliphatic heterocycles. The van der Waals surface area contributed by atoms with Gasteiger partial charge >= 0.3 is 0 Å². The first-order valence-corrected chi connectivity index (χ1v) is 10.0. The van der Waals surface area contributed by atoms with E-state index in [0.29, 0.717) is 29.6 Å². The number of hydrazone groups is 1. The molecular weight excluding hydrogens is 408 g/mol. The third-order valence-corrected chi connectivity index (χ3v) is 4.53. The topological polar surface area (TPSA) is 78.4 Å². The molecule has 0 aliphatic rings. The Hall–Kier alpha value is -4.00. The van der Waals surface area contributed by atoms with Crippen LogP contribution in [0.15, 0.2) is 71.8 Å². The first-order valence-electron chi connectivity index (χ1n) is 10.0. The monoisotopic (exact) mass is 434 g/mol. The lowest BCUT2D eigenvalue weighted by atomic mass is 10.2. The third kappa shape index (κ3) is 6.50. The molecule has 0 radical (unpaired) electrons. The van der Waals surface area contributed by atoms with Crippen molar-refractivity contribution in [1.29, 1.82) is 0 Å². The van der Waals surface area contributed by atoms with Crippen LogP contribution >= 0.6 is 0 Å². The second-order valence-corrected chi connectivity index (χ2v) is 6.92. The van der Waals surface area contributed by atoms with Crippen LogP contribution in [0.1, 0.15) is 16.7 Å². The first-order chi connectivity index (χ1) is 15.6. The Morgan fingerprint density at radius 3 is 2.28 bits per heavy atom. The van der Waals surface area contributed by atoms with Gasteiger partial charge in [-0.25, -0.2) is 5.43 Å². The van der Waals surface area contributed by atoms with Crippen LogP contribution < -0.4 is 24.4 Å². The van der Waals surface area contributed by atoms with Crippen molar-refractivity contribution < 1.29 is 23.7 Å². The molecule has 0 spiro atoms. The molecule has 0 saturated heterocycles. The van der Waals surface area contributed by atoms with Crippen molar-refractivity contribution in [2.75, 3.05) is 20.8 Å². The normalized spacial score (nSPS) is 10.6. The number of nitrogens with one attached hydrogen (secondary N) is 1. The van der Waals surface area contributed by atoms with E-state index in [2.05, 4.69) is 10.5 Å². The Labute approximate surface area is 187 Å². The maximum absolute atomic E-state index is 12.0. The standard InChI is InChI=1S/C25H26N2O5/c1-18-8-10-19(11-9-18)16-31-23-13-12-20(14-24(23)30-3)15-26-27-25(28)17-32-22-7-5-4-6-21(22)29-2/h4-15H,16-17H2,1-3H3,(H,27,28)/b26-15+. The van der Waals surface area contributed by atoms with Crippen molar-refractivity contribution in [3.8, 4) is 23.0 Å². The maximum Gasteiger partial charge on any atom is 0.277 e. The zero-order chi connectivity index (χ0) is 22.8. The van der Waals surface area contributed by atoms with Crippen molar-refractivity contribution >= 4 is 12.1 Å². The predicted molar refractivity (Wildman–Crippen MR) is 123 cm³/mol. The lowest BCUT2D eigenvalue weighted by Crippen LogP contribution is -2.24. The first kappa shape index (κ1) is 22.7. The van der Waals surface area contributed by atoms with Crippen LogP contribution in [0, 0.1) is 6.92 Å². The second-order valence-electron chi connectivity index (χ2n) is 6.92. The van der Waals surface area contributed by atoms with E-state index in [9.17, 15) is 4.79 Å². The van der Waals surface area contributed by atoms with E-state index in [1.807, 2.05) is 43.3 Å². The molecule has 1 N–H and O–H groups in total. The van der Waals surface area contributed by atoms with Crippen LogP contribution in [0.25, 0.3) is 0 Å². The van der Waals surface area contributed by atoms with E-state index in [4.69, 9.17) is 18.9 Å². The summed E-state index contributed by atoms with van der Waals surface area (Å²) in [6, 6.07) is 20.7. The van der Waals surface area contributed by atoms with E-state index in [-0.39, 0.29) is 6.61 Å². The van der Waals surface area contributed by atoms with Crippen molar-refractivity contribution in [3.63, 3.8) is 0 Å². The van der Waals surface area contributed by atoms with E-state index in [1.54, 1.807) is 44.6 Å². The number of carbonyl (C=O) groups excluding carboxylic acids is 1. The molecule has 7 nitrogen and oxygen atoms in total. The van der Waals surface area contributed by atoms with Crippen molar-refractivity contribution in [3.05, 3.63) is 83.4 Å². The number of hydrogen-bond acceptors (Lipinski definition) is 6. The average Bonchev–Trinajstić information content (AvgIpc) is 2.83. The smallest absolute Gasteiger partial charge is 0.277 e. The molecule has 32 heavy (non-hydrogen) atoms.